The van der Waals surface area contributed by atoms with E-state index >= 15 is 0 Å². The predicted molar refractivity (Wildman–Crippen MR) is 113 cm³/mol. The smallest absolute Gasteiger partial charge is 0.227 e. The van der Waals surface area contributed by atoms with Crippen LogP contribution in [0.3, 0.4) is 0 Å². The summed E-state index contributed by atoms with van der Waals surface area (Å²) in [4.78, 5) is 12.9. The van der Waals surface area contributed by atoms with Gasteiger partial charge in [0, 0.05) is 11.8 Å². The number of rotatable bonds is 7. The Bertz CT molecular complexity index is 1100. The summed E-state index contributed by atoms with van der Waals surface area (Å²) in [7, 11) is 0. The van der Waals surface area contributed by atoms with Crippen molar-refractivity contribution in [3.63, 3.8) is 0 Å². The highest BCUT2D eigenvalue weighted by Gasteiger charge is 2.17. The minimum atomic E-state index is -0.327. The molecule has 0 aliphatic heterocycles. The average Bonchev–Trinajstić information content (AvgIpc) is 3.31. The molecule has 0 spiro atoms. The summed E-state index contributed by atoms with van der Waals surface area (Å²) < 4.78 is 26.5. The van der Waals surface area contributed by atoms with Gasteiger partial charge in [0.25, 0.3) is 0 Å². The average molecular weight is 544 g/mol. The molecule has 0 amide bonds. The number of hydrogen-bond donors (Lipinski definition) is 0. The molecule has 29 heavy (non-hydrogen) atoms. The molecule has 0 saturated heterocycles. The van der Waals surface area contributed by atoms with Gasteiger partial charge in [-0.15, -0.1) is 5.10 Å². The van der Waals surface area contributed by atoms with Crippen molar-refractivity contribution in [3.05, 3.63) is 71.3 Å². The lowest BCUT2D eigenvalue weighted by atomic mass is 10.2. The zero-order chi connectivity index (χ0) is 20.2. The lowest BCUT2D eigenvalue weighted by Crippen LogP contribution is -2.00. The van der Waals surface area contributed by atoms with Gasteiger partial charge in [-0.05, 0) is 48.2 Å². The van der Waals surface area contributed by atoms with Gasteiger partial charge >= 0.3 is 0 Å². The minimum Gasteiger partial charge on any atom is -0.429 e. The van der Waals surface area contributed by atoms with E-state index < -0.39 is 0 Å². The maximum Gasteiger partial charge on any atom is 0.227 e. The minimum absolute atomic E-state index is 0.199. The first-order valence-electron chi connectivity index (χ1n) is 8.26. The van der Waals surface area contributed by atoms with Gasteiger partial charge in [0.15, 0.2) is 10.9 Å². The number of aromatic nitrogens is 5. The first-order valence-corrected chi connectivity index (χ1v) is 10.4. The van der Waals surface area contributed by atoms with Crippen LogP contribution in [0.5, 0.6) is 0 Å². The standard InChI is InChI=1S/C18H12ClFIN5O2S/c19-12-3-6-16(22-7-12)29-18-14(8-27-9-15-23-10-24-26(15)21)25-17(28-18)11-1-4-13(20)5-2-11/h1-7,10H,8-9H2. The fourth-order valence-corrected chi connectivity index (χ4v) is 3.59. The molecular formula is C18H12ClFIN5O2S. The van der Waals surface area contributed by atoms with Crippen molar-refractivity contribution < 1.29 is 13.5 Å². The van der Waals surface area contributed by atoms with Crippen molar-refractivity contribution in [1.29, 1.82) is 0 Å². The van der Waals surface area contributed by atoms with Gasteiger partial charge in [-0.1, -0.05) is 11.6 Å². The van der Waals surface area contributed by atoms with Crippen molar-refractivity contribution in [1.82, 2.24) is 22.9 Å². The Morgan fingerprint density at radius 1 is 1.14 bits per heavy atom. The van der Waals surface area contributed by atoms with E-state index in [0.29, 0.717) is 38.1 Å². The van der Waals surface area contributed by atoms with Crippen LogP contribution in [0.15, 0.2) is 63.5 Å². The molecule has 11 heteroatoms. The molecule has 0 saturated carbocycles. The topological polar surface area (TPSA) is 78.9 Å². The lowest BCUT2D eigenvalue weighted by molar-refractivity contribution is 0.0967. The van der Waals surface area contributed by atoms with Crippen LogP contribution in [0.4, 0.5) is 4.39 Å². The van der Waals surface area contributed by atoms with Crippen LogP contribution in [0.2, 0.25) is 5.02 Å². The van der Waals surface area contributed by atoms with Crippen LogP contribution in [-0.2, 0) is 18.0 Å². The number of halogens is 3. The van der Waals surface area contributed by atoms with E-state index in [9.17, 15) is 4.39 Å². The van der Waals surface area contributed by atoms with E-state index in [1.807, 2.05) is 22.9 Å². The van der Waals surface area contributed by atoms with Crippen LogP contribution in [0.1, 0.15) is 11.5 Å². The van der Waals surface area contributed by atoms with Gasteiger partial charge in [0.1, 0.15) is 29.5 Å². The largest absolute Gasteiger partial charge is 0.429 e. The second-order valence-electron chi connectivity index (χ2n) is 5.71. The number of ether oxygens (including phenoxy) is 1. The van der Waals surface area contributed by atoms with E-state index in [0.717, 1.165) is 0 Å². The maximum absolute atomic E-state index is 13.2. The summed E-state index contributed by atoms with van der Waals surface area (Å²) >= 11 is 9.23. The molecule has 0 aliphatic rings. The molecule has 3 aromatic heterocycles. The molecule has 0 unspecified atom stereocenters. The summed E-state index contributed by atoms with van der Waals surface area (Å²) in [5.41, 5.74) is 1.26. The first-order chi connectivity index (χ1) is 14.1. The van der Waals surface area contributed by atoms with Gasteiger partial charge in [-0.25, -0.2) is 19.3 Å². The molecule has 4 rings (SSSR count). The van der Waals surface area contributed by atoms with Crippen molar-refractivity contribution >= 4 is 46.2 Å². The third kappa shape index (κ3) is 5.13. The molecule has 0 N–H and O–H groups in total. The molecule has 4 aromatic rings. The molecule has 1 aromatic carbocycles. The molecule has 0 aliphatic carbocycles. The Morgan fingerprint density at radius 3 is 2.66 bits per heavy atom. The van der Waals surface area contributed by atoms with E-state index in [1.165, 1.54) is 30.2 Å². The first kappa shape index (κ1) is 20.3. The van der Waals surface area contributed by atoms with E-state index in [2.05, 4.69) is 20.1 Å². The Morgan fingerprint density at radius 2 is 1.97 bits per heavy atom. The second-order valence-corrected chi connectivity index (χ2v) is 8.05. The number of nitrogens with zero attached hydrogens (tertiary/aromatic N) is 5. The quantitative estimate of drug-likeness (QED) is 0.297. The molecule has 0 atom stereocenters. The van der Waals surface area contributed by atoms with Crippen molar-refractivity contribution in [2.75, 3.05) is 0 Å². The summed E-state index contributed by atoms with van der Waals surface area (Å²) in [5.74, 6) is 0.727. The van der Waals surface area contributed by atoms with E-state index in [-0.39, 0.29) is 19.0 Å². The van der Waals surface area contributed by atoms with Gasteiger partial charge < -0.3 is 9.15 Å². The Balaban J connectivity index is 1.57. The molecule has 148 valence electrons. The zero-order valence-electron chi connectivity index (χ0n) is 14.6. The molecule has 0 radical (unpaired) electrons. The summed E-state index contributed by atoms with van der Waals surface area (Å²) in [5, 5.41) is 5.78. The second kappa shape index (κ2) is 9.20. The third-order valence-corrected chi connectivity index (χ3v) is 5.68. The molecule has 0 bridgehead atoms. The van der Waals surface area contributed by atoms with Crippen LogP contribution >= 0.6 is 46.2 Å². The Hall–Kier alpha value is -2.02. The highest BCUT2D eigenvalue weighted by Crippen LogP contribution is 2.34. The highest BCUT2D eigenvalue weighted by atomic mass is 127. The van der Waals surface area contributed by atoms with Crippen molar-refractivity contribution in [3.8, 4) is 11.5 Å². The fourth-order valence-electron chi connectivity index (χ4n) is 2.32. The number of benzene rings is 1. The Kier molecular flexibility index (Phi) is 6.43. The van der Waals surface area contributed by atoms with E-state index in [4.69, 9.17) is 20.8 Å². The fraction of sp³-hybridized carbons (Fsp3) is 0.111. The van der Waals surface area contributed by atoms with Crippen LogP contribution < -0.4 is 0 Å². The number of hydrogen-bond acceptors (Lipinski definition) is 7. The van der Waals surface area contributed by atoms with Crippen LogP contribution in [0, 0.1) is 5.82 Å². The van der Waals surface area contributed by atoms with Gasteiger partial charge in [-0.3, -0.25) is 0 Å². The Labute approximate surface area is 188 Å². The monoisotopic (exact) mass is 543 g/mol. The van der Waals surface area contributed by atoms with Crippen LogP contribution in [0.25, 0.3) is 11.5 Å². The third-order valence-electron chi connectivity index (χ3n) is 3.69. The van der Waals surface area contributed by atoms with Gasteiger partial charge in [-0.2, -0.15) is 2.90 Å². The van der Waals surface area contributed by atoms with Crippen molar-refractivity contribution in [2.45, 2.75) is 23.3 Å². The summed E-state index contributed by atoms with van der Waals surface area (Å²) in [6.07, 6.45) is 3.02. The summed E-state index contributed by atoms with van der Waals surface area (Å²) in [6, 6.07) is 9.47. The maximum atomic E-state index is 13.2. The molecule has 0 fully saturated rings. The normalized spacial score (nSPS) is 11.1. The van der Waals surface area contributed by atoms with Gasteiger partial charge in [0.2, 0.25) is 5.89 Å². The van der Waals surface area contributed by atoms with E-state index in [1.54, 1.807) is 33.4 Å². The molecule has 7 nitrogen and oxygen atoms in total. The predicted octanol–water partition coefficient (Wildman–Crippen LogP) is 5.19. The highest BCUT2D eigenvalue weighted by molar-refractivity contribution is 14.1. The van der Waals surface area contributed by atoms with Crippen LogP contribution in [-0.4, -0.2) is 22.9 Å². The summed E-state index contributed by atoms with van der Waals surface area (Å²) in [6.45, 7) is 0.467. The lowest BCUT2D eigenvalue weighted by Gasteiger charge is -2.02. The number of oxazole rings is 1. The molecular weight excluding hydrogens is 532 g/mol. The number of pyridine rings is 1. The van der Waals surface area contributed by atoms with Gasteiger partial charge in [0.05, 0.1) is 34.5 Å². The zero-order valence-corrected chi connectivity index (χ0v) is 18.4. The SMILES string of the molecule is Fc1ccc(-c2nc(COCc3ncnn3I)c(Sc3ccc(Cl)cn3)o2)cc1. The van der Waals surface area contributed by atoms with Crippen molar-refractivity contribution in [2.24, 2.45) is 0 Å². The molecule has 3 heterocycles.